The summed E-state index contributed by atoms with van der Waals surface area (Å²) in [6.07, 6.45) is 0. The standard InChI is InChI=1S/C14H11Cl3N2O/c15-9-4-1-2-7-12(9)18-8-13(20)19-14-10(16)5-3-6-11(14)17/h1-7,18H,8H2,(H,19,20). The topological polar surface area (TPSA) is 41.1 Å². The van der Waals surface area contributed by atoms with Crippen molar-refractivity contribution < 1.29 is 4.79 Å². The van der Waals surface area contributed by atoms with Gasteiger partial charge in [-0.1, -0.05) is 53.0 Å². The van der Waals surface area contributed by atoms with Crippen LogP contribution in [0.1, 0.15) is 0 Å². The Morgan fingerprint density at radius 1 is 0.900 bits per heavy atom. The molecule has 104 valence electrons. The summed E-state index contributed by atoms with van der Waals surface area (Å²) in [7, 11) is 0. The minimum Gasteiger partial charge on any atom is -0.375 e. The third-order valence-corrected chi connectivity index (χ3v) is 3.50. The Hall–Kier alpha value is -1.42. The fourth-order valence-electron chi connectivity index (χ4n) is 1.58. The number of amides is 1. The molecule has 0 fully saturated rings. The van der Waals surface area contributed by atoms with E-state index in [1.165, 1.54) is 0 Å². The fraction of sp³-hybridized carbons (Fsp3) is 0.0714. The number of halogens is 3. The van der Waals surface area contributed by atoms with Crippen molar-refractivity contribution >= 4 is 52.1 Å². The molecular formula is C14H11Cl3N2O. The second kappa shape index (κ2) is 6.84. The van der Waals surface area contributed by atoms with Crippen LogP contribution in [0.15, 0.2) is 42.5 Å². The van der Waals surface area contributed by atoms with Crippen LogP contribution in [0.2, 0.25) is 15.1 Å². The number of nitrogens with one attached hydrogen (secondary N) is 2. The van der Waals surface area contributed by atoms with E-state index >= 15 is 0 Å². The lowest BCUT2D eigenvalue weighted by atomic mass is 10.3. The van der Waals surface area contributed by atoms with Crippen LogP contribution in [0, 0.1) is 0 Å². The van der Waals surface area contributed by atoms with Crippen LogP contribution in [-0.4, -0.2) is 12.5 Å². The number of hydrogen-bond acceptors (Lipinski definition) is 2. The van der Waals surface area contributed by atoms with Crippen molar-refractivity contribution in [2.24, 2.45) is 0 Å². The van der Waals surface area contributed by atoms with Crippen LogP contribution in [0.5, 0.6) is 0 Å². The lowest BCUT2D eigenvalue weighted by Crippen LogP contribution is -2.22. The van der Waals surface area contributed by atoms with E-state index in [9.17, 15) is 4.79 Å². The van der Waals surface area contributed by atoms with Gasteiger partial charge in [0.1, 0.15) is 0 Å². The van der Waals surface area contributed by atoms with Crippen molar-refractivity contribution in [3.63, 3.8) is 0 Å². The maximum Gasteiger partial charge on any atom is 0.243 e. The van der Waals surface area contributed by atoms with Crippen LogP contribution >= 0.6 is 34.8 Å². The van der Waals surface area contributed by atoms with Gasteiger partial charge < -0.3 is 10.6 Å². The molecule has 0 aliphatic rings. The summed E-state index contributed by atoms with van der Waals surface area (Å²) in [5, 5.41) is 6.94. The maximum absolute atomic E-state index is 11.9. The average molecular weight is 330 g/mol. The molecule has 0 spiro atoms. The van der Waals surface area contributed by atoms with E-state index in [0.717, 1.165) is 0 Å². The first-order chi connectivity index (χ1) is 9.58. The molecule has 0 aromatic heterocycles. The lowest BCUT2D eigenvalue weighted by molar-refractivity contribution is -0.114. The smallest absolute Gasteiger partial charge is 0.243 e. The molecule has 0 saturated carbocycles. The summed E-state index contributed by atoms with van der Waals surface area (Å²) in [5.74, 6) is -0.264. The summed E-state index contributed by atoms with van der Waals surface area (Å²) >= 11 is 17.9. The SMILES string of the molecule is O=C(CNc1ccccc1Cl)Nc1c(Cl)cccc1Cl. The van der Waals surface area contributed by atoms with Crippen molar-refractivity contribution in [1.82, 2.24) is 0 Å². The van der Waals surface area contributed by atoms with Crippen molar-refractivity contribution in [1.29, 1.82) is 0 Å². The van der Waals surface area contributed by atoms with Crippen LogP contribution in [0.3, 0.4) is 0 Å². The molecule has 2 rings (SSSR count). The largest absolute Gasteiger partial charge is 0.375 e. The number of para-hydroxylation sites is 2. The van der Waals surface area contributed by atoms with Gasteiger partial charge in [0, 0.05) is 0 Å². The van der Waals surface area contributed by atoms with Crippen LogP contribution in [-0.2, 0) is 4.79 Å². The average Bonchev–Trinajstić information content (AvgIpc) is 2.42. The molecule has 0 heterocycles. The highest BCUT2D eigenvalue weighted by Gasteiger charge is 2.09. The zero-order valence-corrected chi connectivity index (χ0v) is 12.6. The summed E-state index contributed by atoms with van der Waals surface area (Å²) in [6, 6.07) is 12.2. The number of rotatable bonds is 4. The summed E-state index contributed by atoms with van der Waals surface area (Å²) in [4.78, 5) is 11.9. The van der Waals surface area contributed by atoms with Crippen LogP contribution in [0.4, 0.5) is 11.4 Å². The molecule has 2 N–H and O–H groups in total. The first-order valence-electron chi connectivity index (χ1n) is 5.80. The number of carbonyl (C=O) groups excluding carboxylic acids is 1. The van der Waals surface area contributed by atoms with Crippen LogP contribution < -0.4 is 10.6 Å². The predicted octanol–water partition coefficient (Wildman–Crippen LogP) is 4.70. The Balaban J connectivity index is 1.98. The molecule has 0 radical (unpaired) electrons. The Bertz CT molecular complexity index is 611. The van der Waals surface area contributed by atoms with Gasteiger partial charge in [-0.3, -0.25) is 4.79 Å². The zero-order valence-electron chi connectivity index (χ0n) is 10.3. The molecule has 0 bridgehead atoms. The highest BCUT2D eigenvalue weighted by Crippen LogP contribution is 2.29. The number of carbonyl (C=O) groups is 1. The van der Waals surface area contributed by atoms with Gasteiger partial charge in [0.2, 0.25) is 5.91 Å². The second-order valence-corrected chi connectivity index (χ2v) is 5.20. The molecule has 2 aromatic rings. The van der Waals surface area contributed by atoms with Gasteiger partial charge in [-0.2, -0.15) is 0 Å². The van der Waals surface area contributed by atoms with Crippen molar-refractivity contribution in [2.45, 2.75) is 0 Å². The van der Waals surface area contributed by atoms with Crippen molar-refractivity contribution in [3.05, 3.63) is 57.5 Å². The normalized spacial score (nSPS) is 10.2. The van der Waals surface area contributed by atoms with Gasteiger partial charge in [0.15, 0.2) is 0 Å². The Kier molecular flexibility index (Phi) is 5.12. The molecule has 0 unspecified atom stereocenters. The Labute approximate surface area is 131 Å². The first-order valence-corrected chi connectivity index (χ1v) is 6.93. The molecule has 0 aliphatic carbocycles. The molecule has 0 aliphatic heterocycles. The van der Waals surface area contributed by atoms with Gasteiger partial charge in [0.25, 0.3) is 0 Å². The predicted molar refractivity (Wildman–Crippen MR) is 85.0 cm³/mol. The minimum absolute atomic E-state index is 0.0608. The summed E-state index contributed by atoms with van der Waals surface area (Å²) in [5.41, 5.74) is 1.09. The molecule has 20 heavy (non-hydrogen) atoms. The fourth-order valence-corrected chi connectivity index (χ4v) is 2.28. The van der Waals surface area contributed by atoms with Crippen molar-refractivity contribution in [3.8, 4) is 0 Å². The van der Waals surface area contributed by atoms with Crippen LogP contribution in [0.25, 0.3) is 0 Å². The quantitative estimate of drug-likeness (QED) is 0.854. The Morgan fingerprint density at radius 2 is 1.50 bits per heavy atom. The molecule has 3 nitrogen and oxygen atoms in total. The van der Waals surface area contributed by atoms with E-state index in [1.54, 1.807) is 30.3 Å². The van der Waals surface area contributed by atoms with E-state index < -0.39 is 0 Å². The first kappa shape index (κ1) is 15.0. The van der Waals surface area contributed by atoms with E-state index in [2.05, 4.69) is 10.6 Å². The number of benzene rings is 2. The third kappa shape index (κ3) is 3.79. The highest BCUT2D eigenvalue weighted by atomic mass is 35.5. The molecule has 0 saturated heterocycles. The van der Waals surface area contributed by atoms with E-state index in [-0.39, 0.29) is 12.5 Å². The van der Waals surface area contributed by atoms with Gasteiger partial charge in [0.05, 0.1) is 33.0 Å². The lowest BCUT2D eigenvalue weighted by Gasteiger charge is -2.11. The van der Waals surface area contributed by atoms with Gasteiger partial charge >= 0.3 is 0 Å². The Morgan fingerprint density at radius 3 is 2.15 bits per heavy atom. The van der Waals surface area contributed by atoms with Gasteiger partial charge in [-0.25, -0.2) is 0 Å². The molecule has 1 amide bonds. The molecule has 0 atom stereocenters. The molecule has 2 aromatic carbocycles. The summed E-state index contributed by atoms with van der Waals surface area (Å²) in [6.45, 7) is 0.0608. The van der Waals surface area contributed by atoms with E-state index in [0.29, 0.717) is 26.4 Å². The zero-order chi connectivity index (χ0) is 14.5. The monoisotopic (exact) mass is 328 g/mol. The number of hydrogen-bond donors (Lipinski definition) is 2. The minimum atomic E-state index is -0.264. The molecular weight excluding hydrogens is 319 g/mol. The summed E-state index contributed by atoms with van der Waals surface area (Å²) < 4.78 is 0. The van der Waals surface area contributed by atoms with Gasteiger partial charge in [-0.15, -0.1) is 0 Å². The van der Waals surface area contributed by atoms with Gasteiger partial charge in [-0.05, 0) is 24.3 Å². The highest BCUT2D eigenvalue weighted by molar-refractivity contribution is 6.39. The van der Waals surface area contributed by atoms with E-state index in [4.69, 9.17) is 34.8 Å². The second-order valence-electron chi connectivity index (χ2n) is 3.98. The maximum atomic E-state index is 11.9. The van der Waals surface area contributed by atoms with E-state index in [1.807, 2.05) is 12.1 Å². The molecule has 6 heteroatoms. The van der Waals surface area contributed by atoms with Crippen molar-refractivity contribution in [2.75, 3.05) is 17.2 Å². The third-order valence-electron chi connectivity index (χ3n) is 2.54. The number of anilines is 2.